The van der Waals surface area contributed by atoms with Crippen LogP contribution < -0.4 is 0 Å². The van der Waals surface area contributed by atoms with Gasteiger partial charge in [-0.1, -0.05) is 0 Å². The van der Waals surface area contributed by atoms with E-state index in [0.29, 0.717) is 6.61 Å². The molecule has 4 heteroatoms. The number of ether oxygens (including phenoxy) is 2. The highest BCUT2D eigenvalue weighted by Crippen LogP contribution is 2.38. The Labute approximate surface area is 77.7 Å². The van der Waals surface area contributed by atoms with Crippen LogP contribution in [0.3, 0.4) is 0 Å². The minimum Gasteiger partial charge on any atom is -0.484 e. The lowest BCUT2D eigenvalue weighted by Gasteiger charge is -2.14. The topological polar surface area (TPSA) is 59.4 Å². The molecule has 0 aromatic heterocycles. The number of nitrogens with one attached hydrogen (secondary N) is 1. The van der Waals surface area contributed by atoms with E-state index in [9.17, 15) is 4.79 Å². The molecule has 1 unspecified atom stereocenters. The first kappa shape index (κ1) is 10.0. The maximum atomic E-state index is 11.4. The molecule has 0 amide bonds. The first-order valence-corrected chi connectivity index (χ1v) is 4.49. The maximum Gasteiger partial charge on any atom is 0.318 e. The molecule has 1 rings (SSSR count). The van der Waals surface area contributed by atoms with E-state index in [-0.39, 0.29) is 17.8 Å². The second-order valence-electron chi connectivity index (χ2n) is 3.14. The van der Waals surface area contributed by atoms with Crippen molar-refractivity contribution < 1.29 is 14.3 Å². The van der Waals surface area contributed by atoms with Crippen LogP contribution in [-0.2, 0) is 14.3 Å². The summed E-state index contributed by atoms with van der Waals surface area (Å²) in [5.74, 6) is -0.491. The van der Waals surface area contributed by atoms with Crippen LogP contribution in [0.2, 0.25) is 0 Å². The molecule has 1 fully saturated rings. The smallest absolute Gasteiger partial charge is 0.318 e. The first-order chi connectivity index (χ1) is 6.20. The zero-order valence-electron chi connectivity index (χ0n) is 8.00. The summed E-state index contributed by atoms with van der Waals surface area (Å²) in [4.78, 5) is 11.4. The lowest BCUT2D eigenvalue weighted by atomic mass is 10.0. The van der Waals surface area contributed by atoms with Crippen molar-refractivity contribution in [2.75, 3.05) is 13.7 Å². The summed E-state index contributed by atoms with van der Waals surface area (Å²) < 4.78 is 9.63. The summed E-state index contributed by atoms with van der Waals surface area (Å²) in [5.41, 5.74) is 0. The lowest BCUT2D eigenvalue weighted by Crippen LogP contribution is -2.28. The van der Waals surface area contributed by atoms with Gasteiger partial charge in [0.2, 0.25) is 0 Å². The third-order valence-corrected chi connectivity index (χ3v) is 2.14. The summed E-state index contributed by atoms with van der Waals surface area (Å²) in [5, 5.41) is 7.45. The van der Waals surface area contributed by atoms with Crippen LogP contribution in [0.15, 0.2) is 0 Å². The van der Waals surface area contributed by atoms with E-state index in [1.807, 2.05) is 0 Å². The molecule has 74 valence electrons. The van der Waals surface area contributed by atoms with Gasteiger partial charge in [-0.3, -0.25) is 10.2 Å². The standard InChI is InChI=1S/C9H15NO3/c1-3-13-9(11)7(6-4-5-6)8(10)12-2/h6-7,10H,3-5H2,1-2H3. The van der Waals surface area contributed by atoms with Crippen molar-refractivity contribution in [2.24, 2.45) is 11.8 Å². The Morgan fingerprint density at radius 2 is 2.23 bits per heavy atom. The minimum atomic E-state index is -0.468. The van der Waals surface area contributed by atoms with Gasteiger partial charge in [-0.25, -0.2) is 0 Å². The van der Waals surface area contributed by atoms with E-state index < -0.39 is 5.92 Å². The van der Waals surface area contributed by atoms with Crippen molar-refractivity contribution in [1.82, 2.24) is 0 Å². The van der Waals surface area contributed by atoms with Crippen LogP contribution in [0, 0.1) is 17.2 Å². The minimum absolute atomic E-state index is 0.0287. The van der Waals surface area contributed by atoms with Gasteiger partial charge in [0.1, 0.15) is 5.92 Å². The predicted molar refractivity (Wildman–Crippen MR) is 47.6 cm³/mol. The number of esters is 1. The van der Waals surface area contributed by atoms with E-state index in [0.717, 1.165) is 12.8 Å². The second-order valence-corrected chi connectivity index (χ2v) is 3.14. The van der Waals surface area contributed by atoms with Crippen molar-refractivity contribution in [3.8, 4) is 0 Å². The number of methoxy groups -OCH3 is 1. The Bertz CT molecular complexity index is 211. The highest BCUT2D eigenvalue weighted by molar-refractivity contribution is 5.96. The molecule has 0 aliphatic heterocycles. The molecule has 1 saturated carbocycles. The number of hydrogen-bond donors (Lipinski definition) is 1. The SMILES string of the molecule is CCOC(=O)C(C(=N)OC)C1CC1. The summed E-state index contributed by atoms with van der Waals surface area (Å²) in [7, 11) is 1.41. The Morgan fingerprint density at radius 1 is 1.62 bits per heavy atom. The van der Waals surface area contributed by atoms with Crippen LogP contribution in [0.1, 0.15) is 19.8 Å². The van der Waals surface area contributed by atoms with E-state index in [1.54, 1.807) is 6.92 Å². The van der Waals surface area contributed by atoms with Crippen LogP contribution in [0.25, 0.3) is 0 Å². The van der Waals surface area contributed by atoms with Crippen LogP contribution in [0.4, 0.5) is 0 Å². The molecule has 0 aromatic rings. The molecule has 0 spiro atoms. The van der Waals surface area contributed by atoms with Gasteiger partial charge in [-0.2, -0.15) is 0 Å². The first-order valence-electron chi connectivity index (χ1n) is 4.49. The number of hydrogen-bond acceptors (Lipinski definition) is 4. The van der Waals surface area contributed by atoms with E-state index in [4.69, 9.17) is 14.9 Å². The van der Waals surface area contributed by atoms with Gasteiger partial charge in [-0.05, 0) is 25.7 Å². The average molecular weight is 185 g/mol. The average Bonchev–Trinajstić information content (AvgIpc) is 2.89. The summed E-state index contributed by atoms with van der Waals surface area (Å²) in [6.45, 7) is 2.12. The Kier molecular flexibility index (Phi) is 3.28. The number of carbonyl (C=O) groups excluding carboxylic acids is 1. The molecule has 0 radical (unpaired) electrons. The van der Waals surface area contributed by atoms with Crippen LogP contribution in [0.5, 0.6) is 0 Å². The largest absolute Gasteiger partial charge is 0.484 e. The van der Waals surface area contributed by atoms with Crippen molar-refractivity contribution in [3.05, 3.63) is 0 Å². The van der Waals surface area contributed by atoms with Crippen molar-refractivity contribution in [2.45, 2.75) is 19.8 Å². The van der Waals surface area contributed by atoms with E-state index in [1.165, 1.54) is 7.11 Å². The van der Waals surface area contributed by atoms with Gasteiger partial charge in [0.05, 0.1) is 13.7 Å². The van der Waals surface area contributed by atoms with E-state index >= 15 is 0 Å². The Hall–Kier alpha value is -1.06. The van der Waals surface area contributed by atoms with Crippen molar-refractivity contribution in [3.63, 3.8) is 0 Å². The molecular weight excluding hydrogens is 170 g/mol. The molecule has 1 N–H and O–H groups in total. The lowest BCUT2D eigenvalue weighted by molar-refractivity contribution is -0.146. The summed E-state index contributed by atoms with van der Waals surface area (Å²) in [6, 6.07) is 0. The van der Waals surface area contributed by atoms with Gasteiger partial charge >= 0.3 is 5.97 Å². The fourth-order valence-electron chi connectivity index (χ4n) is 1.30. The van der Waals surface area contributed by atoms with E-state index in [2.05, 4.69) is 0 Å². The molecule has 0 heterocycles. The van der Waals surface area contributed by atoms with Gasteiger partial charge < -0.3 is 9.47 Å². The molecule has 0 saturated heterocycles. The molecule has 1 aliphatic rings. The molecule has 0 bridgehead atoms. The zero-order valence-corrected chi connectivity index (χ0v) is 8.00. The van der Waals surface area contributed by atoms with Gasteiger partial charge in [-0.15, -0.1) is 0 Å². The predicted octanol–water partition coefficient (Wildman–Crippen LogP) is 1.20. The van der Waals surface area contributed by atoms with Crippen molar-refractivity contribution in [1.29, 1.82) is 5.41 Å². The summed E-state index contributed by atoms with van der Waals surface area (Å²) >= 11 is 0. The molecule has 1 atom stereocenters. The highest BCUT2D eigenvalue weighted by atomic mass is 16.5. The number of rotatable bonds is 4. The van der Waals surface area contributed by atoms with Gasteiger partial charge in [0.25, 0.3) is 0 Å². The van der Waals surface area contributed by atoms with Crippen LogP contribution >= 0.6 is 0 Å². The van der Waals surface area contributed by atoms with Gasteiger partial charge in [0, 0.05) is 0 Å². The molecule has 4 nitrogen and oxygen atoms in total. The molecular formula is C9H15NO3. The van der Waals surface area contributed by atoms with Crippen molar-refractivity contribution >= 4 is 11.9 Å². The molecule has 13 heavy (non-hydrogen) atoms. The third kappa shape index (κ3) is 2.44. The van der Waals surface area contributed by atoms with Crippen LogP contribution in [-0.4, -0.2) is 25.6 Å². The molecule has 1 aliphatic carbocycles. The fourth-order valence-corrected chi connectivity index (χ4v) is 1.30. The quantitative estimate of drug-likeness (QED) is 0.406. The molecule has 0 aromatic carbocycles. The normalized spacial score (nSPS) is 17.7. The second kappa shape index (κ2) is 4.25. The zero-order chi connectivity index (χ0) is 9.84. The maximum absolute atomic E-state index is 11.4. The fraction of sp³-hybridized carbons (Fsp3) is 0.778. The Balaban J connectivity index is 2.55. The number of carbonyl (C=O) groups is 1. The highest BCUT2D eigenvalue weighted by Gasteiger charge is 2.41. The van der Waals surface area contributed by atoms with Gasteiger partial charge in [0.15, 0.2) is 5.90 Å². The third-order valence-electron chi connectivity index (χ3n) is 2.14. The summed E-state index contributed by atoms with van der Waals surface area (Å²) in [6.07, 6.45) is 1.99. The monoisotopic (exact) mass is 185 g/mol. The Morgan fingerprint density at radius 3 is 2.62 bits per heavy atom.